The Bertz CT molecular complexity index is 1470. The van der Waals surface area contributed by atoms with Crippen molar-refractivity contribution in [3.05, 3.63) is 88.0 Å². The van der Waals surface area contributed by atoms with Gasteiger partial charge in [-0.15, -0.1) is 11.3 Å². The van der Waals surface area contributed by atoms with Gasteiger partial charge in [0.1, 0.15) is 5.75 Å². The molecule has 1 aliphatic heterocycles. The topological polar surface area (TPSA) is 97.4 Å². The van der Waals surface area contributed by atoms with Crippen molar-refractivity contribution in [2.45, 2.75) is 6.54 Å². The van der Waals surface area contributed by atoms with Crippen LogP contribution in [-0.2, 0) is 11.3 Å². The lowest BCUT2D eigenvalue weighted by molar-refractivity contribution is -0.118. The summed E-state index contributed by atoms with van der Waals surface area (Å²) in [6, 6.07) is 20.7. The average Bonchev–Trinajstić information content (AvgIpc) is 3.29. The molecule has 5 rings (SSSR count). The maximum absolute atomic E-state index is 11.8. The molecule has 35 heavy (non-hydrogen) atoms. The van der Waals surface area contributed by atoms with Crippen molar-refractivity contribution in [2.75, 3.05) is 19.0 Å². The Kier molecular flexibility index (Phi) is 6.32. The lowest BCUT2D eigenvalue weighted by atomic mass is 10.1. The van der Waals surface area contributed by atoms with Gasteiger partial charge in [-0.1, -0.05) is 30.3 Å². The zero-order chi connectivity index (χ0) is 24.2. The molecular weight excluding hydrogens is 464 g/mol. The zero-order valence-electron chi connectivity index (χ0n) is 18.8. The fourth-order valence-electron chi connectivity index (χ4n) is 3.61. The maximum Gasteiger partial charge on any atom is 0.262 e. The van der Waals surface area contributed by atoms with Crippen molar-refractivity contribution in [2.24, 2.45) is 10.1 Å². The van der Waals surface area contributed by atoms with Gasteiger partial charge < -0.3 is 19.9 Å². The molecule has 4 aromatic rings. The van der Waals surface area contributed by atoms with Crippen LogP contribution in [0.25, 0.3) is 11.3 Å². The minimum Gasteiger partial charge on any atom is -0.504 e. The number of carbonyl (C=O) groups is 1. The van der Waals surface area contributed by atoms with E-state index < -0.39 is 0 Å². The minimum absolute atomic E-state index is 0.00626. The van der Waals surface area contributed by atoms with Gasteiger partial charge in [0.25, 0.3) is 5.91 Å². The number of thiazole rings is 1. The molecule has 9 heteroatoms. The summed E-state index contributed by atoms with van der Waals surface area (Å²) in [5.41, 5.74) is 4.06. The normalized spacial score (nSPS) is 13.4. The van der Waals surface area contributed by atoms with Crippen LogP contribution in [0, 0.1) is 0 Å². The molecule has 176 valence electrons. The summed E-state index contributed by atoms with van der Waals surface area (Å²) in [7, 11) is 1.50. The molecule has 0 atom stereocenters. The monoisotopic (exact) mass is 486 g/mol. The maximum atomic E-state index is 11.8. The second-order valence-corrected chi connectivity index (χ2v) is 8.58. The first-order valence-corrected chi connectivity index (χ1v) is 11.7. The first kappa shape index (κ1) is 22.4. The van der Waals surface area contributed by atoms with Gasteiger partial charge in [-0.05, 0) is 47.5 Å². The molecule has 0 aliphatic carbocycles. The van der Waals surface area contributed by atoms with E-state index in [0.29, 0.717) is 34.1 Å². The van der Waals surface area contributed by atoms with Crippen LogP contribution in [0.2, 0.25) is 0 Å². The van der Waals surface area contributed by atoms with E-state index in [-0.39, 0.29) is 18.3 Å². The summed E-state index contributed by atoms with van der Waals surface area (Å²) in [5.74, 6) is 0.861. The van der Waals surface area contributed by atoms with Crippen LogP contribution in [0.4, 0.5) is 5.69 Å². The SMILES string of the molecule is COc1ccc(C=Nn2c(-c3ccc4c(c3)NC(=O)CO4)csc2=NCc2ccccc2)cc1O. The summed E-state index contributed by atoms with van der Waals surface area (Å²) < 4.78 is 12.4. The van der Waals surface area contributed by atoms with Gasteiger partial charge in [0, 0.05) is 10.9 Å². The number of fused-ring (bicyclic) bond motifs is 1. The highest BCUT2D eigenvalue weighted by molar-refractivity contribution is 7.07. The van der Waals surface area contributed by atoms with Crippen LogP contribution in [-0.4, -0.2) is 35.6 Å². The molecule has 0 fully saturated rings. The Morgan fingerprint density at radius 1 is 1.17 bits per heavy atom. The molecule has 1 amide bonds. The third-order valence-electron chi connectivity index (χ3n) is 5.36. The van der Waals surface area contributed by atoms with E-state index in [0.717, 1.165) is 16.8 Å². The Hall–Kier alpha value is -4.37. The van der Waals surface area contributed by atoms with Crippen LogP contribution in [0.15, 0.2) is 82.2 Å². The molecule has 0 bridgehead atoms. The molecule has 2 heterocycles. The van der Waals surface area contributed by atoms with Crippen LogP contribution in [0.1, 0.15) is 11.1 Å². The molecule has 1 aromatic heterocycles. The molecule has 2 N–H and O–H groups in total. The van der Waals surface area contributed by atoms with E-state index in [4.69, 9.17) is 14.5 Å². The molecule has 0 radical (unpaired) electrons. The third kappa shape index (κ3) is 4.95. The van der Waals surface area contributed by atoms with Gasteiger partial charge >= 0.3 is 0 Å². The van der Waals surface area contributed by atoms with Crippen molar-refractivity contribution < 1.29 is 19.4 Å². The van der Waals surface area contributed by atoms with Crippen LogP contribution < -0.4 is 19.6 Å². The number of methoxy groups -OCH3 is 1. The molecule has 1 aliphatic rings. The van der Waals surface area contributed by atoms with E-state index in [1.807, 2.05) is 53.9 Å². The minimum atomic E-state index is -0.191. The van der Waals surface area contributed by atoms with Gasteiger partial charge in [-0.25, -0.2) is 4.68 Å². The number of rotatable bonds is 6. The molecular formula is C26H22N4O4S. The highest BCUT2D eigenvalue weighted by atomic mass is 32.1. The number of amides is 1. The molecule has 0 unspecified atom stereocenters. The molecule has 0 saturated carbocycles. The van der Waals surface area contributed by atoms with Gasteiger partial charge in [-0.3, -0.25) is 9.79 Å². The summed E-state index contributed by atoms with van der Waals surface area (Å²) in [6.07, 6.45) is 1.65. The number of hydrogen-bond acceptors (Lipinski definition) is 7. The van der Waals surface area contributed by atoms with E-state index >= 15 is 0 Å². The summed E-state index contributed by atoms with van der Waals surface area (Å²) >= 11 is 1.47. The average molecular weight is 487 g/mol. The second kappa shape index (κ2) is 9.86. The van der Waals surface area contributed by atoms with Crippen LogP contribution in [0.3, 0.4) is 0 Å². The van der Waals surface area contributed by atoms with Gasteiger partial charge in [0.05, 0.1) is 31.3 Å². The van der Waals surface area contributed by atoms with Gasteiger partial charge in [0.2, 0.25) is 4.80 Å². The number of ether oxygens (including phenoxy) is 2. The van der Waals surface area contributed by atoms with Crippen molar-refractivity contribution in [3.63, 3.8) is 0 Å². The number of anilines is 1. The lowest BCUT2D eigenvalue weighted by Crippen LogP contribution is -2.25. The smallest absolute Gasteiger partial charge is 0.262 e. The van der Waals surface area contributed by atoms with Crippen molar-refractivity contribution in [1.82, 2.24) is 4.68 Å². The molecule has 0 spiro atoms. The van der Waals surface area contributed by atoms with Crippen molar-refractivity contribution >= 4 is 29.1 Å². The highest BCUT2D eigenvalue weighted by Crippen LogP contribution is 2.33. The van der Waals surface area contributed by atoms with Crippen molar-refractivity contribution in [1.29, 1.82) is 0 Å². The van der Waals surface area contributed by atoms with E-state index in [9.17, 15) is 9.90 Å². The van der Waals surface area contributed by atoms with Crippen LogP contribution in [0.5, 0.6) is 17.2 Å². The highest BCUT2D eigenvalue weighted by Gasteiger charge is 2.18. The summed E-state index contributed by atoms with van der Waals surface area (Å²) in [5, 5.41) is 19.6. The molecule has 3 aromatic carbocycles. The fraction of sp³-hybridized carbons (Fsp3) is 0.115. The van der Waals surface area contributed by atoms with E-state index in [1.165, 1.54) is 18.4 Å². The number of phenols is 1. The van der Waals surface area contributed by atoms with E-state index in [2.05, 4.69) is 10.4 Å². The number of phenolic OH excluding ortho intramolecular Hbond substituents is 1. The summed E-state index contributed by atoms with van der Waals surface area (Å²) in [6.45, 7) is 0.514. The number of benzene rings is 3. The number of nitrogens with one attached hydrogen (secondary N) is 1. The van der Waals surface area contributed by atoms with Crippen LogP contribution >= 0.6 is 11.3 Å². The first-order valence-electron chi connectivity index (χ1n) is 10.8. The number of aromatic nitrogens is 1. The second-order valence-electron chi connectivity index (χ2n) is 7.74. The van der Waals surface area contributed by atoms with E-state index in [1.54, 1.807) is 29.1 Å². The summed E-state index contributed by atoms with van der Waals surface area (Å²) in [4.78, 5) is 17.3. The predicted molar refractivity (Wildman–Crippen MR) is 135 cm³/mol. The first-order chi connectivity index (χ1) is 17.1. The molecule has 0 saturated heterocycles. The number of carbonyl (C=O) groups excluding carboxylic acids is 1. The van der Waals surface area contributed by atoms with Gasteiger partial charge in [-0.2, -0.15) is 5.10 Å². The number of hydrogen-bond donors (Lipinski definition) is 2. The Morgan fingerprint density at radius 2 is 2.03 bits per heavy atom. The lowest BCUT2D eigenvalue weighted by Gasteiger charge is -2.18. The number of aromatic hydroxyl groups is 1. The largest absolute Gasteiger partial charge is 0.504 e. The zero-order valence-corrected chi connectivity index (χ0v) is 19.7. The Labute approximate surface area is 205 Å². The molecule has 8 nitrogen and oxygen atoms in total. The van der Waals surface area contributed by atoms with Crippen molar-refractivity contribution in [3.8, 4) is 28.5 Å². The quantitative estimate of drug-likeness (QED) is 0.398. The predicted octanol–water partition coefficient (Wildman–Crippen LogP) is 4.24. The fourth-order valence-corrected chi connectivity index (χ4v) is 4.45. The number of nitrogens with zero attached hydrogens (tertiary/aromatic N) is 3. The standard InChI is InChI=1S/C26H22N4O4S/c1-33-24-9-7-18(11-22(24)31)14-28-30-21(16-35-26(30)27-13-17-5-3-2-4-6-17)19-8-10-23-20(12-19)29-25(32)15-34-23/h2-12,14,16,31H,13,15H2,1H3,(H,29,32). The third-order valence-corrected chi connectivity index (χ3v) is 6.21. The van der Waals surface area contributed by atoms with Gasteiger partial charge in [0.15, 0.2) is 18.1 Å². The Morgan fingerprint density at radius 3 is 2.83 bits per heavy atom. The Balaban J connectivity index is 1.56.